The Morgan fingerprint density at radius 2 is 1.74 bits per heavy atom. The molecule has 6 nitrogen and oxygen atoms in total. The number of para-hydroxylation sites is 1. The van der Waals surface area contributed by atoms with Crippen molar-refractivity contribution in [2.75, 3.05) is 4.72 Å². The summed E-state index contributed by atoms with van der Waals surface area (Å²) in [5.74, 6) is 0. The summed E-state index contributed by atoms with van der Waals surface area (Å²) in [6, 6.07) is 18.2. The van der Waals surface area contributed by atoms with Crippen molar-refractivity contribution in [1.82, 2.24) is 9.55 Å². The van der Waals surface area contributed by atoms with Crippen molar-refractivity contribution in [3.8, 4) is 23.0 Å². The van der Waals surface area contributed by atoms with Gasteiger partial charge in [0.05, 0.1) is 22.1 Å². The molecule has 1 aliphatic rings. The smallest absolute Gasteiger partial charge is 0.293 e. The first-order valence-electron chi connectivity index (χ1n) is 10.4. The van der Waals surface area contributed by atoms with Crippen LogP contribution in [0.3, 0.4) is 0 Å². The van der Waals surface area contributed by atoms with Crippen LogP contribution in [0.5, 0.6) is 0 Å². The van der Waals surface area contributed by atoms with Crippen LogP contribution < -0.4 is 4.72 Å². The Hall–Kier alpha value is -3.84. The summed E-state index contributed by atoms with van der Waals surface area (Å²) in [5, 5.41) is 9.64. The Morgan fingerprint density at radius 1 is 1.06 bits per heavy atom. The van der Waals surface area contributed by atoms with E-state index in [0.717, 1.165) is 12.3 Å². The minimum absolute atomic E-state index is 0.0452. The standard InChI is InChI=1S/C24H17F3N4O2S/c25-24(26,27)16-12-20-21(13-28)22(31(23(20)29-14-16)18-4-2-1-3-5-18)15-6-8-17(9-7-15)30-34(32,33)19-10-11-19/h1-9,12,14,19,30H,10-11H2. The van der Waals surface area contributed by atoms with E-state index in [1.807, 2.05) is 6.07 Å². The summed E-state index contributed by atoms with van der Waals surface area (Å²) in [7, 11) is -3.44. The molecule has 0 atom stereocenters. The molecule has 0 bridgehead atoms. The third-order valence-corrected chi connectivity index (χ3v) is 7.51. The highest BCUT2D eigenvalue weighted by Crippen LogP contribution is 2.39. The zero-order chi connectivity index (χ0) is 24.1. The Bertz CT molecular complexity index is 1530. The average Bonchev–Trinajstić information content (AvgIpc) is 3.62. The molecule has 0 unspecified atom stereocenters. The zero-order valence-corrected chi connectivity index (χ0v) is 18.4. The van der Waals surface area contributed by atoms with Crippen molar-refractivity contribution in [3.05, 3.63) is 78.0 Å². The minimum Gasteiger partial charge on any atom is -0.293 e. The molecular weight excluding hydrogens is 465 g/mol. The Kier molecular flexibility index (Phi) is 5.10. The molecule has 1 saturated carbocycles. The second-order valence-electron chi connectivity index (χ2n) is 8.02. The highest BCUT2D eigenvalue weighted by molar-refractivity contribution is 7.93. The van der Waals surface area contributed by atoms with Gasteiger partial charge >= 0.3 is 6.18 Å². The fourth-order valence-corrected chi connectivity index (χ4v) is 5.25. The number of benzene rings is 2. The van der Waals surface area contributed by atoms with Gasteiger partial charge in [-0.1, -0.05) is 30.3 Å². The fourth-order valence-electron chi connectivity index (χ4n) is 3.86. The van der Waals surface area contributed by atoms with Gasteiger partial charge in [0, 0.05) is 28.5 Å². The lowest BCUT2D eigenvalue weighted by molar-refractivity contribution is -0.137. The molecule has 1 N–H and O–H groups in total. The molecule has 2 heterocycles. The van der Waals surface area contributed by atoms with E-state index >= 15 is 0 Å². The second kappa shape index (κ2) is 7.88. The van der Waals surface area contributed by atoms with E-state index in [1.54, 1.807) is 59.2 Å². The van der Waals surface area contributed by atoms with Gasteiger partial charge in [-0.05, 0) is 43.2 Å². The zero-order valence-electron chi connectivity index (χ0n) is 17.5. The third-order valence-electron chi connectivity index (χ3n) is 5.64. The van der Waals surface area contributed by atoms with Crippen LogP contribution in [0.1, 0.15) is 24.0 Å². The van der Waals surface area contributed by atoms with Gasteiger partial charge in [-0.3, -0.25) is 9.29 Å². The lowest BCUT2D eigenvalue weighted by atomic mass is 10.1. The molecule has 2 aromatic heterocycles. The first-order valence-corrected chi connectivity index (χ1v) is 11.9. The summed E-state index contributed by atoms with van der Waals surface area (Å²) in [6.07, 6.45) is -2.60. The predicted molar refractivity (Wildman–Crippen MR) is 122 cm³/mol. The molecule has 4 aromatic rings. The van der Waals surface area contributed by atoms with E-state index < -0.39 is 21.8 Å². The normalized spacial score (nSPS) is 14.2. The maximum atomic E-state index is 13.4. The number of alkyl halides is 3. The lowest BCUT2D eigenvalue weighted by Gasteiger charge is -2.12. The summed E-state index contributed by atoms with van der Waals surface area (Å²) in [6.45, 7) is 0. The molecule has 0 aliphatic heterocycles. The van der Waals surface area contributed by atoms with Crippen molar-refractivity contribution in [2.24, 2.45) is 0 Å². The topological polar surface area (TPSA) is 87.8 Å². The third kappa shape index (κ3) is 3.88. The predicted octanol–water partition coefficient (Wildman–Crippen LogP) is 5.49. The van der Waals surface area contributed by atoms with Crippen LogP contribution in [0.2, 0.25) is 0 Å². The Morgan fingerprint density at radius 3 is 2.32 bits per heavy atom. The van der Waals surface area contributed by atoms with Crippen molar-refractivity contribution >= 4 is 26.7 Å². The van der Waals surface area contributed by atoms with E-state index in [0.29, 0.717) is 35.5 Å². The van der Waals surface area contributed by atoms with Crippen molar-refractivity contribution in [3.63, 3.8) is 0 Å². The monoisotopic (exact) mass is 482 g/mol. The number of nitrogens with zero attached hydrogens (tertiary/aromatic N) is 3. The number of anilines is 1. The molecule has 172 valence electrons. The SMILES string of the molecule is N#Cc1c(-c2ccc(NS(=O)(=O)C3CC3)cc2)n(-c2ccccc2)c2ncc(C(F)(F)F)cc12. The molecule has 1 fully saturated rings. The molecule has 0 amide bonds. The molecular formula is C24H17F3N4O2S. The first-order chi connectivity index (χ1) is 16.2. The number of hydrogen-bond acceptors (Lipinski definition) is 4. The maximum absolute atomic E-state index is 13.4. The average molecular weight is 482 g/mol. The van der Waals surface area contributed by atoms with Crippen molar-refractivity contribution < 1.29 is 21.6 Å². The molecule has 0 spiro atoms. The van der Waals surface area contributed by atoms with Crippen LogP contribution in [-0.4, -0.2) is 23.2 Å². The van der Waals surface area contributed by atoms with Crippen LogP contribution in [-0.2, 0) is 16.2 Å². The number of pyridine rings is 1. The highest BCUT2D eigenvalue weighted by Gasteiger charge is 2.36. The molecule has 34 heavy (non-hydrogen) atoms. The number of halogens is 3. The quantitative estimate of drug-likeness (QED) is 0.408. The van der Waals surface area contributed by atoms with Crippen LogP contribution >= 0.6 is 0 Å². The fraction of sp³-hybridized carbons (Fsp3) is 0.167. The summed E-state index contributed by atoms with van der Waals surface area (Å²) in [4.78, 5) is 4.07. The lowest BCUT2D eigenvalue weighted by Crippen LogP contribution is -2.17. The number of fused-ring (bicyclic) bond motifs is 1. The Balaban J connectivity index is 1.70. The number of nitrogens with one attached hydrogen (secondary N) is 1. The van der Waals surface area contributed by atoms with Gasteiger partial charge in [0.15, 0.2) is 0 Å². The van der Waals surface area contributed by atoms with Crippen molar-refractivity contribution in [1.29, 1.82) is 5.26 Å². The maximum Gasteiger partial charge on any atom is 0.417 e. The number of rotatable bonds is 5. The molecule has 5 rings (SSSR count). The van der Waals surface area contributed by atoms with Gasteiger partial charge in [0.2, 0.25) is 10.0 Å². The second-order valence-corrected chi connectivity index (χ2v) is 9.98. The van der Waals surface area contributed by atoms with Gasteiger partial charge in [-0.15, -0.1) is 0 Å². The van der Waals surface area contributed by atoms with Gasteiger partial charge in [0.25, 0.3) is 0 Å². The number of sulfonamides is 1. The molecule has 0 radical (unpaired) electrons. The van der Waals surface area contributed by atoms with Crippen LogP contribution in [0.4, 0.5) is 18.9 Å². The summed E-state index contributed by atoms with van der Waals surface area (Å²) < 4.78 is 68.7. The van der Waals surface area contributed by atoms with Crippen LogP contribution in [0.25, 0.3) is 28.0 Å². The molecule has 0 saturated heterocycles. The summed E-state index contributed by atoms with van der Waals surface area (Å²) >= 11 is 0. The summed E-state index contributed by atoms with van der Waals surface area (Å²) in [5.41, 5.74) is 1.20. The molecule has 2 aromatic carbocycles. The van der Waals surface area contributed by atoms with Gasteiger partial charge in [0.1, 0.15) is 11.7 Å². The minimum atomic E-state index is -4.61. The van der Waals surface area contributed by atoms with Gasteiger partial charge < -0.3 is 0 Å². The highest BCUT2D eigenvalue weighted by atomic mass is 32.2. The van der Waals surface area contributed by atoms with E-state index in [-0.39, 0.29) is 21.8 Å². The first kappa shape index (κ1) is 22.0. The van der Waals surface area contributed by atoms with E-state index in [2.05, 4.69) is 9.71 Å². The molecule has 10 heteroatoms. The van der Waals surface area contributed by atoms with E-state index in [1.165, 1.54) is 0 Å². The number of nitriles is 1. The number of hydrogen-bond donors (Lipinski definition) is 1. The van der Waals surface area contributed by atoms with Crippen LogP contribution in [0, 0.1) is 11.3 Å². The van der Waals surface area contributed by atoms with Crippen molar-refractivity contribution in [2.45, 2.75) is 24.3 Å². The Labute approximate surface area is 193 Å². The van der Waals surface area contributed by atoms with E-state index in [4.69, 9.17) is 0 Å². The van der Waals surface area contributed by atoms with E-state index in [9.17, 15) is 26.9 Å². The number of aromatic nitrogens is 2. The molecule has 1 aliphatic carbocycles. The van der Waals surface area contributed by atoms with Crippen LogP contribution in [0.15, 0.2) is 66.9 Å². The van der Waals surface area contributed by atoms with Gasteiger partial charge in [-0.2, -0.15) is 18.4 Å². The van der Waals surface area contributed by atoms with Gasteiger partial charge in [-0.25, -0.2) is 13.4 Å². The largest absolute Gasteiger partial charge is 0.417 e.